The fourth-order valence-corrected chi connectivity index (χ4v) is 4.05. The predicted molar refractivity (Wildman–Crippen MR) is 136 cm³/mol. The highest BCUT2D eigenvalue weighted by molar-refractivity contribution is 5.94. The summed E-state index contributed by atoms with van der Waals surface area (Å²) in [5.41, 5.74) is 7.59. The molecular formula is C26H26N6O3. The third-order valence-electron chi connectivity index (χ3n) is 5.70. The number of para-hydroxylation sites is 1. The van der Waals surface area contributed by atoms with Crippen molar-refractivity contribution in [1.29, 1.82) is 0 Å². The van der Waals surface area contributed by atoms with Crippen LogP contribution in [0.15, 0.2) is 72.1 Å². The van der Waals surface area contributed by atoms with E-state index in [4.69, 9.17) is 10.5 Å². The van der Waals surface area contributed by atoms with Crippen LogP contribution < -0.4 is 20.8 Å². The van der Waals surface area contributed by atoms with E-state index >= 15 is 0 Å². The minimum Gasteiger partial charge on any atom is -0.457 e. The Labute approximate surface area is 203 Å². The zero-order chi connectivity index (χ0) is 24.6. The van der Waals surface area contributed by atoms with Crippen LogP contribution in [-0.2, 0) is 4.79 Å². The number of anilines is 4. The van der Waals surface area contributed by atoms with Crippen molar-refractivity contribution in [2.45, 2.75) is 25.8 Å². The SMILES string of the molecule is CC#CC(=O)N1CCCC1CNc1ccnc(N)c1N(N=O)c1ccc(Oc2ccccc2)cc1. The number of hydrogen-bond acceptors (Lipinski definition) is 7. The van der Waals surface area contributed by atoms with Crippen molar-refractivity contribution < 1.29 is 9.53 Å². The van der Waals surface area contributed by atoms with Gasteiger partial charge in [-0.3, -0.25) is 4.79 Å². The fraction of sp³-hybridized carbons (Fsp3) is 0.231. The molecule has 178 valence electrons. The first-order valence-electron chi connectivity index (χ1n) is 11.3. The van der Waals surface area contributed by atoms with E-state index in [-0.39, 0.29) is 17.8 Å². The Balaban J connectivity index is 1.53. The molecule has 1 aromatic heterocycles. The number of carbonyl (C=O) groups is 1. The van der Waals surface area contributed by atoms with Crippen LogP contribution in [0.1, 0.15) is 19.8 Å². The van der Waals surface area contributed by atoms with E-state index in [0.29, 0.717) is 41.7 Å². The third-order valence-corrected chi connectivity index (χ3v) is 5.70. The number of likely N-dealkylation sites (tertiary alicyclic amines) is 1. The highest BCUT2D eigenvalue weighted by Crippen LogP contribution is 2.37. The molecule has 1 atom stereocenters. The van der Waals surface area contributed by atoms with Gasteiger partial charge in [-0.1, -0.05) is 24.1 Å². The molecule has 3 aromatic rings. The second-order valence-electron chi connectivity index (χ2n) is 7.95. The van der Waals surface area contributed by atoms with Crippen LogP contribution in [0, 0.1) is 16.7 Å². The molecule has 1 saturated heterocycles. The first-order chi connectivity index (χ1) is 17.1. The largest absolute Gasteiger partial charge is 0.457 e. The van der Waals surface area contributed by atoms with Gasteiger partial charge in [-0.25, -0.2) is 4.98 Å². The zero-order valence-corrected chi connectivity index (χ0v) is 19.3. The first kappa shape index (κ1) is 23.6. The number of nitrogens with zero attached hydrogens (tertiary/aromatic N) is 4. The summed E-state index contributed by atoms with van der Waals surface area (Å²) in [6, 6.07) is 18.0. The van der Waals surface area contributed by atoms with E-state index in [1.807, 2.05) is 30.3 Å². The molecule has 1 amide bonds. The molecule has 1 unspecified atom stereocenters. The Morgan fingerprint density at radius 2 is 1.94 bits per heavy atom. The molecule has 9 nitrogen and oxygen atoms in total. The summed E-state index contributed by atoms with van der Waals surface area (Å²) in [5.74, 6) is 6.56. The average molecular weight is 471 g/mol. The van der Waals surface area contributed by atoms with Gasteiger partial charge in [0.2, 0.25) is 0 Å². The molecular weight excluding hydrogens is 444 g/mol. The Morgan fingerprint density at radius 1 is 1.20 bits per heavy atom. The normalized spacial score (nSPS) is 14.5. The lowest BCUT2D eigenvalue weighted by molar-refractivity contribution is -0.125. The summed E-state index contributed by atoms with van der Waals surface area (Å²) in [5, 5.41) is 7.73. The number of amides is 1. The van der Waals surface area contributed by atoms with E-state index < -0.39 is 0 Å². The lowest BCUT2D eigenvalue weighted by Crippen LogP contribution is -2.39. The smallest absolute Gasteiger partial charge is 0.298 e. The van der Waals surface area contributed by atoms with Gasteiger partial charge in [0, 0.05) is 25.3 Å². The van der Waals surface area contributed by atoms with Gasteiger partial charge in [0.25, 0.3) is 5.91 Å². The van der Waals surface area contributed by atoms with E-state index in [0.717, 1.165) is 12.8 Å². The van der Waals surface area contributed by atoms with Gasteiger partial charge in [0.1, 0.15) is 17.2 Å². The number of nitrogens with two attached hydrogens (primary N) is 1. The maximum Gasteiger partial charge on any atom is 0.298 e. The number of aromatic nitrogens is 1. The quantitative estimate of drug-likeness (QED) is 0.279. The molecule has 0 aliphatic carbocycles. The second kappa shape index (κ2) is 11.0. The van der Waals surface area contributed by atoms with Crippen molar-refractivity contribution in [1.82, 2.24) is 9.88 Å². The van der Waals surface area contributed by atoms with E-state index in [1.54, 1.807) is 48.4 Å². The van der Waals surface area contributed by atoms with Crippen LogP contribution in [0.3, 0.4) is 0 Å². The molecule has 4 rings (SSSR count). The van der Waals surface area contributed by atoms with Gasteiger partial charge in [-0.05, 0) is 68.2 Å². The van der Waals surface area contributed by atoms with Crippen molar-refractivity contribution >= 4 is 28.8 Å². The maximum absolute atomic E-state index is 12.3. The summed E-state index contributed by atoms with van der Waals surface area (Å²) >= 11 is 0. The minimum atomic E-state index is -0.180. The molecule has 1 aliphatic rings. The van der Waals surface area contributed by atoms with E-state index in [1.165, 1.54) is 5.01 Å². The predicted octanol–water partition coefficient (Wildman–Crippen LogP) is 4.70. The van der Waals surface area contributed by atoms with Crippen LogP contribution in [0.4, 0.5) is 22.9 Å². The molecule has 35 heavy (non-hydrogen) atoms. The summed E-state index contributed by atoms with van der Waals surface area (Å²) < 4.78 is 5.82. The Morgan fingerprint density at radius 3 is 2.66 bits per heavy atom. The van der Waals surface area contributed by atoms with Crippen LogP contribution in [0.5, 0.6) is 11.5 Å². The lowest BCUT2D eigenvalue weighted by Gasteiger charge is -2.25. The molecule has 1 aliphatic heterocycles. The molecule has 0 spiro atoms. The maximum atomic E-state index is 12.3. The monoisotopic (exact) mass is 470 g/mol. The number of nitroso groups, excluding NO2 is 1. The number of pyridine rings is 1. The van der Waals surface area contributed by atoms with Gasteiger partial charge in [-0.15, -0.1) is 4.91 Å². The third kappa shape index (κ3) is 5.50. The summed E-state index contributed by atoms with van der Waals surface area (Å²) in [4.78, 5) is 30.1. The Bertz CT molecular complexity index is 1240. The Kier molecular flexibility index (Phi) is 7.43. The average Bonchev–Trinajstić information content (AvgIpc) is 3.35. The van der Waals surface area contributed by atoms with Gasteiger partial charge in [-0.2, -0.15) is 5.01 Å². The fourth-order valence-electron chi connectivity index (χ4n) is 4.05. The van der Waals surface area contributed by atoms with Crippen molar-refractivity contribution in [3.8, 4) is 23.3 Å². The Hall–Kier alpha value is -4.58. The number of nitrogens with one attached hydrogen (secondary N) is 1. The standard InChI is InChI=1S/C26H26N6O3/c1-2-7-24(33)31-17-6-8-20(31)18-29-23-15-16-28-26(27)25(23)32(30-34)19-11-13-22(14-12-19)35-21-9-4-3-5-10-21/h3-5,9-16,20H,6,8,17-18H2,1H3,(H3,27,28,29). The molecule has 0 saturated carbocycles. The van der Waals surface area contributed by atoms with Crippen LogP contribution in [0.25, 0.3) is 0 Å². The van der Waals surface area contributed by atoms with E-state index in [9.17, 15) is 9.70 Å². The minimum absolute atomic E-state index is 0.0161. The molecule has 9 heteroatoms. The molecule has 0 radical (unpaired) electrons. The van der Waals surface area contributed by atoms with Crippen molar-refractivity contribution in [2.75, 3.05) is 29.1 Å². The van der Waals surface area contributed by atoms with Gasteiger partial charge in [0.15, 0.2) is 5.82 Å². The lowest BCUT2D eigenvalue weighted by atomic mass is 10.2. The van der Waals surface area contributed by atoms with Crippen LogP contribution in [-0.4, -0.2) is 34.9 Å². The van der Waals surface area contributed by atoms with Gasteiger partial charge < -0.3 is 20.7 Å². The number of benzene rings is 2. The van der Waals surface area contributed by atoms with Crippen molar-refractivity contribution in [3.05, 3.63) is 71.8 Å². The zero-order valence-electron chi connectivity index (χ0n) is 19.3. The molecule has 3 N–H and O–H groups in total. The number of rotatable bonds is 8. The summed E-state index contributed by atoms with van der Waals surface area (Å²) in [6.07, 6.45) is 3.33. The van der Waals surface area contributed by atoms with E-state index in [2.05, 4.69) is 27.4 Å². The first-order valence-corrected chi connectivity index (χ1v) is 11.3. The van der Waals surface area contributed by atoms with Crippen LogP contribution >= 0.6 is 0 Å². The summed E-state index contributed by atoms with van der Waals surface area (Å²) in [6.45, 7) is 2.79. The molecule has 1 fully saturated rings. The second-order valence-corrected chi connectivity index (χ2v) is 7.95. The highest BCUT2D eigenvalue weighted by atomic mass is 16.5. The number of nitrogen functional groups attached to an aromatic ring is 1. The highest BCUT2D eigenvalue weighted by Gasteiger charge is 2.28. The van der Waals surface area contributed by atoms with Crippen molar-refractivity contribution in [2.24, 2.45) is 5.29 Å². The number of ether oxygens (including phenoxy) is 1. The molecule has 2 heterocycles. The summed E-state index contributed by atoms with van der Waals surface area (Å²) in [7, 11) is 0. The molecule has 0 bridgehead atoms. The van der Waals surface area contributed by atoms with Crippen LogP contribution in [0.2, 0.25) is 0 Å². The topological polar surface area (TPSA) is 113 Å². The van der Waals surface area contributed by atoms with Gasteiger partial charge >= 0.3 is 0 Å². The van der Waals surface area contributed by atoms with Crippen molar-refractivity contribution in [3.63, 3.8) is 0 Å². The number of carbonyl (C=O) groups excluding carboxylic acids is 1. The number of hydrogen-bond donors (Lipinski definition) is 2. The molecule has 2 aromatic carbocycles. The van der Waals surface area contributed by atoms with Gasteiger partial charge in [0.05, 0.1) is 16.7 Å².